The maximum absolute atomic E-state index is 12.5. The van der Waals surface area contributed by atoms with Gasteiger partial charge in [0.15, 0.2) is 22.2 Å². The van der Waals surface area contributed by atoms with Crippen molar-refractivity contribution in [2.45, 2.75) is 18.7 Å². The van der Waals surface area contributed by atoms with Crippen molar-refractivity contribution in [2.24, 2.45) is 0 Å². The van der Waals surface area contributed by atoms with Crippen LogP contribution in [0, 0.1) is 13.8 Å². The van der Waals surface area contributed by atoms with Crippen molar-refractivity contribution < 1.29 is 22.4 Å². The van der Waals surface area contributed by atoms with Gasteiger partial charge in [-0.2, -0.15) is 0 Å². The third-order valence-corrected chi connectivity index (χ3v) is 5.52. The van der Waals surface area contributed by atoms with Crippen LogP contribution in [0.2, 0.25) is 0 Å². The number of hydrogen-bond acceptors (Lipinski definition) is 8. The molecule has 3 aromatic rings. The number of fused-ring (bicyclic) bond motifs is 1. The van der Waals surface area contributed by atoms with E-state index in [4.69, 9.17) is 14.0 Å². The fraction of sp³-hybridized carbons (Fsp3) is 0.176. The standard InChI is InChI=1S/C17H16N4O5S/c1-10-17(11(2)26-20-10)27(22,23)21-13-4-6-16(18-8-13)19-12-3-5-14-15(7-12)25-9-24-14/h3-8,21H,9H2,1-2H3,(H,18,19). The van der Waals surface area contributed by atoms with Crippen molar-refractivity contribution in [1.82, 2.24) is 10.1 Å². The summed E-state index contributed by atoms with van der Waals surface area (Å²) in [5.41, 5.74) is 1.40. The summed E-state index contributed by atoms with van der Waals surface area (Å²) in [5, 5.41) is 6.79. The minimum absolute atomic E-state index is 0.0325. The van der Waals surface area contributed by atoms with Crippen molar-refractivity contribution in [2.75, 3.05) is 16.8 Å². The Kier molecular flexibility index (Phi) is 4.11. The quantitative estimate of drug-likeness (QED) is 0.685. The van der Waals surface area contributed by atoms with Gasteiger partial charge in [-0.1, -0.05) is 5.16 Å². The zero-order chi connectivity index (χ0) is 19.0. The Morgan fingerprint density at radius 2 is 1.81 bits per heavy atom. The second kappa shape index (κ2) is 6.47. The molecule has 2 N–H and O–H groups in total. The molecule has 0 bridgehead atoms. The van der Waals surface area contributed by atoms with Gasteiger partial charge in [0.1, 0.15) is 11.5 Å². The van der Waals surface area contributed by atoms with Crippen molar-refractivity contribution in [3.05, 3.63) is 48.0 Å². The molecule has 0 unspecified atom stereocenters. The summed E-state index contributed by atoms with van der Waals surface area (Å²) in [4.78, 5) is 4.26. The van der Waals surface area contributed by atoms with Crippen molar-refractivity contribution in [1.29, 1.82) is 0 Å². The van der Waals surface area contributed by atoms with Crippen LogP contribution < -0.4 is 19.5 Å². The highest BCUT2D eigenvalue weighted by Gasteiger charge is 2.24. The lowest BCUT2D eigenvalue weighted by Crippen LogP contribution is -2.14. The van der Waals surface area contributed by atoms with Crippen LogP contribution in [0.3, 0.4) is 0 Å². The van der Waals surface area contributed by atoms with E-state index in [1.165, 1.54) is 6.20 Å². The molecule has 27 heavy (non-hydrogen) atoms. The third kappa shape index (κ3) is 3.38. The van der Waals surface area contributed by atoms with E-state index in [2.05, 4.69) is 20.2 Å². The average Bonchev–Trinajstić information content (AvgIpc) is 3.22. The number of aryl methyl sites for hydroxylation is 2. The first kappa shape index (κ1) is 17.2. The predicted molar refractivity (Wildman–Crippen MR) is 96.9 cm³/mol. The fourth-order valence-corrected chi connectivity index (χ4v) is 4.09. The molecule has 0 atom stereocenters. The molecule has 1 aromatic carbocycles. The third-order valence-electron chi connectivity index (χ3n) is 3.90. The highest BCUT2D eigenvalue weighted by molar-refractivity contribution is 7.92. The number of ether oxygens (including phenoxy) is 2. The van der Waals surface area contributed by atoms with Crippen LogP contribution in [-0.4, -0.2) is 25.4 Å². The first-order valence-corrected chi connectivity index (χ1v) is 9.49. The molecule has 3 heterocycles. The lowest BCUT2D eigenvalue weighted by Gasteiger charge is -2.09. The number of sulfonamides is 1. The van der Waals surface area contributed by atoms with Gasteiger partial charge in [0, 0.05) is 11.8 Å². The molecule has 1 aliphatic rings. The summed E-state index contributed by atoms with van der Waals surface area (Å²) < 4.78 is 43.0. The molecule has 0 saturated carbocycles. The molecule has 0 aliphatic carbocycles. The van der Waals surface area contributed by atoms with E-state index in [9.17, 15) is 8.42 Å². The highest BCUT2D eigenvalue weighted by Crippen LogP contribution is 2.35. The van der Waals surface area contributed by atoms with Crippen LogP contribution in [0.1, 0.15) is 11.5 Å². The molecular formula is C17H16N4O5S. The largest absolute Gasteiger partial charge is 0.454 e. The number of anilines is 3. The van der Waals surface area contributed by atoms with Crippen LogP contribution in [0.15, 0.2) is 45.9 Å². The second-order valence-corrected chi connectivity index (χ2v) is 7.50. The van der Waals surface area contributed by atoms with E-state index in [1.807, 2.05) is 6.07 Å². The van der Waals surface area contributed by atoms with Gasteiger partial charge in [-0.3, -0.25) is 4.72 Å². The summed E-state index contributed by atoms with van der Waals surface area (Å²) in [7, 11) is -3.81. The molecule has 0 saturated heterocycles. The van der Waals surface area contributed by atoms with Gasteiger partial charge >= 0.3 is 0 Å². The van der Waals surface area contributed by atoms with Crippen molar-refractivity contribution >= 4 is 27.2 Å². The molecule has 0 radical (unpaired) electrons. The molecule has 4 rings (SSSR count). The smallest absolute Gasteiger partial charge is 0.267 e. The molecule has 2 aromatic heterocycles. The average molecular weight is 388 g/mol. The molecule has 0 amide bonds. The summed E-state index contributed by atoms with van der Waals surface area (Å²) in [5.74, 6) is 2.13. The molecule has 1 aliphatic heterocycles. The van der Waals surface area contributed by atoms with E-state index >= 15 is 0 Å². The Labute approximate surface area is 155 Å². The maximum atomic E-state index is 12.5. The number of rotatable bonds is 5. The number of benzene rings is 1. The van der Waals surface area contributed by atoms with Crippen LogP contribution in [-0.2, 0) is 10.0 Å². The van der Waals surface area contributed by atoms with Gasteiger partial charge in [-0.25, -0.2) is 13.4 Å². The van der Waals surface area contributed by atoms with Crippen LogP contribution in [0.4, 0.5) is 17.2 Å². The van der Waals surface area contributed by atoms with Gasteiger partial charge in [-0.15, -0.1) is 0 Å². The van der Waals surface area contributed by atoms with Gasteiger partial charge in [-0.05, 0) is 38.1 Å². The first-order chi connectivity index (χ1) is 12.9. The van der Waals surface area contributed by atoms with Crippen LogP contribution in [0.25, 0.3) is 0 Å². The first-order valence-electron chi connectivity index (χ1n) is 8.01. The summed E-state index contributed by atoms with van der Waals surface area (Å²) in [6, 6.07) is 8.71. The van der Waals surface area contributed by atoms with E-state index in [-0.39, 0.29) is 17.4 Å². The molecule has 0 fully saturated rings. The van der Waals surface area contributed by atoms with Crippen molar-refractivity contribution in [3.8, 4) is 11.5 Å². The molecule has 140 valence electrons. The zero-order valence-electron chi connectivity index (χ0n) is 14.5. The van der Waals surface area contributed by atoms with Gasteiger partial charge < -0.3 is 19.3 Å². The number of pyridine rings is 1. The van der Waals surface area contributed by atoms with E-state index in [1.54, 1.807) is 38.1 Å². The summed E-state index contributed by atoms with van der Waals surface area (Å²) in [6.45, 7) is 3.32. The second-order valence-electron chi connectivity index (χ2n) is 5.88. The van der Waals surface area contributed by atoms with Crippen molar-refractivity contribution in [3.63, 3.8) is 0 Å². The number of hydrogen-bond donors (Lipinski definition) is 2. The molecule has 9 nitrogen and oxygen atoms in total. The number of aromatic nitrogens is 2. The van der Waals surface area contributed by atoms with E-state index < -0.39 is 10.0 Å². The summed E-state index contributed by atoms with van der Waals surface area (Å²) in [6.07, 6.45) is 1.42. The molecule has 10 heteroatoms. The Hall–Kier alpha value is -3.27. The monoisotopic (exact) mass is 388 g/mol. The normalized spacial score (nSPS) is 12.8. The summed E-state index contributed by atoms with van der Waals surface area (Å²) >= 11 is 0. The van der Waals surface area contributed by atoms with Crippen LogP contribution >= 0.6 is 0 Å². The lowest BCUT2D eigenvalue weighted by atomic mass is 10.2. The topological polar surface area (TPSA) is 116 Å². The molecule has 0 spiro atoms. The lowest BCUT2D eigenvalue weighted by molar-refractivity contribution is 0.174. The molecular weight excluding hydrogens is 372 g/mol. The SMILES string of the molecule is Cc1noc(C)c1S(=O)(=O)Nc1ccc(Nc2ccc3c(c2)OCO3)nc1. The van der Waals surface area contributed by atoms with E-state index in [0.29, 0.717) is 28.7 Å². The van der Waals surface area contributed by atoms with Gasteiger partial charge in [0.05, 0.1) is 11.9 Å². The maximum Gasteiger partial charge on any atom is 0.267 e. The zero-order valence-corrected chi connectivity index (χ0v) is 15.3. The van der Waals surface area contributed by atoms with Gasteiger partial charge in [0.2, 0.25) is 6.79 Å². The number of nitrogens with zero attached hydrogens (tertiary/aromatic N) is 2. The fourth-order valence-electron chi connectivity index (χ4n) is 2.71. The Bertz CT molecular complexity index is 1070. The Balaban J connectivity index is 1.49. The predicted octanol–water partition coefficient (Wildman–Crippen LogP) is 2.96. The Morgan fingerprint density at radius 1 is 1.04 bits per heavy atom. The number of nitrogens with one attached hydrogen (secondary N) is 2. The minimum atomic E-state index is -3.81. The highest BCUT2D eigenvalue weighted by atomic mass is 32.2. The van der Waals surface area contributed by atoms with Gasteiger partial charge in [0.25, 0.3) is 10.0 Å². The van der Waals surface area contributed by atoms with Crippen LogP contribution in [0.5, 0.6) is 11.5 Å². The van der Waals surface area contributed by atoms with E-state index in [0.717, 1.165) is 5.69 Å². The Morgan fingerprint density at radius 3 is 2.52 bits per heavy atom. The minimum Gasteiger partial charge on any atom is -0.454 e.